The predicted octanol–water partition coefficient (Wildman–Crippen LogP) is 2.27. The number of carbonyl (C=O) groups excluding carboxylic acids is 1. The third-order valence-electron chi connectivity index (χ3n) is 4.02. The van der Waals surface area contributed by atoms with Crippen molar-refractivity contribution in [3.8, 4) is 0 Å². The Labute approximate surface area is 130 Å². The Balaban J connectivity index is 2.51. The van der Waals surface area contributed by atoms with E-state index in [-0.39, 0.29) is 5.91 Å². The number of unbranched alkanes of at least 4 members (excludes halogenated alkanes) is 1. The molecule has 1 rings (SSSR count). The molecule has 0 aromatic heterocycles. The summed E-state index contributed by atoms with van der Waals surface area (Å²) in [6.07, 6.45) is 4.83. The van der Waals surface area contributed by atoms with Crippen LogP contribution in [0.25, 0.3) is 0 Å². The van der Waals surface area contributed by atoms with E-state index in [1.54, 1.807) is 0 Å². The number of carbonyl (C=O) groups is 1. The third-order valence-corrected chi connectivity index (χ3v) is 4.02. The van der Waals surface area contributed by atoms with Crippen LogP contribution in [0.15, 0.2) is 12.2 Å². The van der Waals surface area contributed by atoms with Crippen LogP contribution in [-0.4, -0.2) is 61.0 Å². The van der Waals surface area contributed by atoms with Crippen LogP contribution in [0, 0.1) is 0 Å². The summed E-state index contributed by atoms with van der Waals surface area (Å²) >= 11 is 0. The molecule has 0 radical (unpaired) electrons. The summed E-state index contributed by atoms with van der Waals surface area (Å²) < 4.78 is 0. The molecule has 0 bridgehead atoms. The lowest BCUT2D eigenvalue weighted by Gasteiger charge is -2.28. The number of nitrogens with zero attached hydrogens (tertiary/aromatic N) is 2. The highest BCUT2D eigenvalue weighted by atomic mass is 16.2. The van der Waals surface area contributed by atoms with Gasteiger partial charge in [0, 0.05) is 25.7 Å². The van der Waals surface area contributed by atoms with Gasteiger partial charge in [-0.05, 0) is 46.2 Å². The van der Waals surface area contributed by atoms with Crippen molar-refractivity contribution in [1.82, 2.24) is 15.1 Å². The summed E-state index contributed by atoms with van der Waals surface area (Å²) in [5, 5.41) is 3.53. The summed E-state index contributed by atoms with van der Waals surface area (Å²) in [7, 11) is 0. The summed E-state index contributed by atoms with van der Waals surface area (Å²) in [6, 6.07) is 0.561. The van der Waals surface area contributed by atoms with E-state index in [0.717, 1.165) is 38.2 Å². The van der Waals surface area contributed by atoms with Gasteiger partial charge < -0.3 is 10.2 Å². The smallest absolute Gasteiger partial charge is 0.237 e. The zero-order valence-corrected chi connectivity index (χ0v) is 14.2. The van der Waals surface area contributed by atoms with Gasteiger partial charge in [0.15, 0.2) is 0 Å². The summed E-state index contributed by atoms with van der Waals surface area (Å²) in [6.45, 7) is 15.3. The van der Waals surface area contributed by atoms with Gasteiger partial charge in [0.2, 0.25) is 5.91 Å². The van der Waals surface area contributed by atoms with E-state index < -0.39 is 0 Å². The molecule has 1 amide bonds. The molecule has 21 heavy (non-hydrogen) atoms. The van der Waals surface area contributed by atoms with E-state index in [9.17, 15) is 4.79 Å². The van der Waals surface area contributed by atoms with E-state index >= 15 is 0 Å². The lowest BCUT2D eigenvalue weighted by Crippen LogP contribution is -2.45. The summed E-state index contributed by atoms with van der Waals surface area (Å²) in [4.78, 5) is 16.7. The average Bonchev–Trinajstić information content (AvgIpc) is 2.94. The molecular weight excluding hydrogens is 262 g/mol. The first-order valence-electron chi connectivity index (χ1n) is 8.44. The van der Waals surface area contributed by atoms with Crippen molar-refractivity contribution in [1.29, 1.82) is 0 Å². The second kappa shape index (κ2) is 9.96. The molecule has 0 saturated carbocycles. The average molecular weight is 295 g/mol. The quantitative estimate of drug-likeness (QED) is 0.628. The monoisotopic (exact) mass is 295 g/mol. The molecule has 1 unspecified atom stereocenters. The van der Waals surface area contributed by atoms with Gasteiger partial charge in [-0.3, -0.25) is 9.69 Å². The van der Waals surface area contributed by atoms with Crippen LogP contribution < -0.4 is 5.32 Å². The van der Waals surface area contributed by atoms with E-state index in [2.05, 4.69) is 23.7 Å². The van der Waals surface area contributed by atoms with Crippen molar-refractivity contribution >= 4 is 5.91 Å². The molecule has 0 aliphatic carbocycles. The van der Waals surface area contributed by atoms with Gasteiger partial charge in [0.05, 0.1) is 6.54 Å². The first kappa shape index (κ1) is 18.2. The number of amides is 1. The number of hydrogen-bond donors (Lipinski definition) is 1. The van der Waals surface area contributed by atoms with Crippen LogP contribution in [-0.2, 0) is 4.79 Å². The van der Waals surface area contributed by atoms with Crippen LogP contribution in [0.3, 0.4) is 0 Å². The van der Waals surface area contributed by atoms with Gasteiger partial charge in [0.1, 0.15) is 0 Å². The fourth-order valence-corrected chi connectivity index (χ4v) is 2.83. The van der Waals surface area contributed by atoms with Gasteiger partial charge in [-0.1, -0.05) is 25.5 Å². The molecule has 1 aliphatic rings. The summed E-state index contributed by atoms with van der Waals surface area (Å²) in [5.41, 5.74) is 1.04. The fourth-order valence-electron chi connectivity index (χ4n) is 2.83. The van der Waals surface area contributed by atoms with Crippen molar-refractivity contribution in [3.63, 3.8) is 0 Å². The lowest BCUT2D eigenvalue weighted by atomic mass is 10.2. The molecule has 1 heterocycles. The van der Waals surface area contributed by atoms with E-state index in [4.69, 9.17) is 0 Å². The molecule has 1 N–H and O–H groups in total. The SMILES string of the molecule is C=C(C)CN(CC)C(=O)CN(CCCC)CC1CCCN1. The molecule has 4 nitrogen and oxygen atoms in total. The van der Waals surface area contributed by atoms with E-state index in [1.807, 2.05) is 18.7 Å². The van der Waals surface area contributed by atoms with Crippen LogP contribution in [0.4, 0.5) is 0 Å². The Kier molecular flexibility index (Phi) is 8.62. The molecule has 0 aromatic rings. The second-order valence-electron chi connectivity index (χ2n) is 6.25. The molecule has 1 fully saturated rings. The zero-order valence-electron chi connectivity index (χ0n) is 14.2. The molecule has 0 spiro atoms. The fraction of sp³-hybridized carbons (Fsp3) is 0.824. The first-order chi connectivity index (χ1) is 10.1. The second-order valence-corrected chi connectivity index (χ2v) is 6.25. The highest BCUT2D eigenvalue weighted by molar-refractivity contribution is 5.78. The van der Waals surface area contributed by atoms with Crippen molar-refractivity contribution in [3.05, 3.63) is 12.2 Å². The minimum Gasteiger partial charge on any atom is -0.338 e. The minimum absolute atomic E-state index is 0.231. The minimum atomic E-state index is 0.231. The van der Waals surface area contributed by atoms with E-state index in [1.165, 1.54) is 19.3 Å². The number of hydrogen-bond acceptors (Lipinski definition) is 3. The van der Waals surface area contributed by atoms with Gasteiger partial charge in [-0.15, -0.1) is 0 Å². The zero-order chi connectivity index (χ0) is 15.7. The maximum Gasteiger partial charge on any atom is 0.237 e. The predicted molar refractivity (Wildman–Crippen MR) is 89.4 cm³/mol. The van der Waals surface area contributed by atoms with Gasteiger partial charge >= 0.3 is 0 Å². The van der Waals surface area contributed by atoms with Crippen LogP contribution in [0.2, 0.25) is 0 Å². The number of rotatable bonds is 10. The maximum atomic E-state index is 12.5. The highest BCUT2D eigenvalue weighted by Gasteiger charge is 2.21. The third kappa shape index (κ3) is 7.09. The Hall–Kier alpha value is -0.870. The molecule has 122 valence electrons. The van der Waals surface area contributed by atoms with Crippen molar-refractivity contribution in [2.24, 2.45) is 0 Å². The Morgan fingerprint density at radius 1 is 1.33 bits per heavy atom. The lowest BCUT2D eigenvalue weighted by molar-refractivity contribution is -0.131. The molecule has 1 aliphatic heterocycles. The van der Waals surface area contributed by atoms with Gasteiger partial charge in [-0.2, -0.15) is 0 Å². The Morgan fingerprint density at radius 3 is 2.62 bits per heavy atom. The topological polar surface area (TPSA) is 35.6 Å². The van der Waals surface area contributed by atoms with Gasteiger partial charge in [0.25, 0.3) is 0 Å². The normalized spacial score (nSPS) is 18.2. The van der Waals surface area contributed by atoms with Crippen LogP contribution in [0.5, 0.6) is 0 Å². The number of likely N-dealkylation sites (N-methyl/N-ethyl adjacent to an activating group) is 1. The Bertz CT molecular complexity index is 324. The molecular formula is C17H33N3O. The molecule has 4 heteroatoms. The van der Waals surface area contributed by atoms with Crippen molar-refractivity contribution in [2.75, 3.05) is 39.3 Å². The highest BCUT2D eigenvalue weighted by Crippen LogP contribution is 2.09. The molecule has 1 atom stereocenters. The Morgan fingerprint density at radius 2 is 2.10 bits per heavy atom. The van der Waals surface area contributed by atoms with Crippen LogP contribution >= 0.6 is 0 Å². The maximum absolute atomic E-state index is 12.5. The van der Waals surface area contributed by atoms with Gasteiger partial charge in [-0.25, -0.2) is 0 Å². The van der Waals surface area contributed by atoms with E-state index in [0.29, 0.717) is 19.1 Å². The van der Waals surface area contributed by atoms with Crippen molar-refractivity contribution < 1.29 is 4.79 Å². The number of nitrogens with one attached hydrogen (secondary N) is 1. The molecule has 0 aromatic carbocycles. The van der Waals surface area contributed by atoms with Crippen LogP contribution in [0.1, 0.15) is 46.5 Å². The summed E-state index contributed by atoms with van der Waals surface area (Å²) in [5.74, 6) is 0.231. The van der Waals surface area contributed by atoms with Crippen molar-refractivity contribution in [2.45, 2.75) is 52.5 Å². The largest absolute Gasteiger partial charge is 0.338 e. The molecule has 1 saturated heterocycles. The standard InChI is InChI=1S/C17H33N3O/c1-5-7-11-19(13-16-9-8-10-18-16)14-17(21)20(6-2)12-15(3)4/h16,18H,3,5-14H2,1-2,4H3. The first-order valence-corrected chi connectivity index (χ1v) is 8.44.